The molecule has 2 aromatic rings. The van der Waals surface area contributed by atoms with Crippen LogP contribution in [-0.2, 0) is 6.54 Å². The standard InChI is InChI=1S/C13H16ClN3O/c1-4-16-8-11(7-15-16)17-9(2)5-12(10(17)3)13(18)6-14/h5,7-8H,4,6H2,1-3H3. The summed E-state index contributed by atoms with van der Waals surface area (Å²) in [5.74, 6) is -0.0303. The maximum Gasteiger partial charge on any atom is 0.179 e. The highest BCUT2D eigenvalue weighted by Crippen LogP contribution is 2.21. The monoisotopic (exact) mass is 265 g/mol. The largest absolute Gasteiger partial charge is 0.315 e. The summed E-state index contributed by atoms with van der Waals surface area (Å²) in [5.41, 5.74) is 3.58. The molecule has 0 aliphatic heterocycles. The van der Waals surface area contributed by atoms with Gasteiger partial charge in [-0.25, -0.2) is 0 Å². The zero-order valence-corrected chi connectivity index (χ0v) is 11.5. The predicted molar refractivity (Wildman–Crippen MR) is 71.8 cm³/mol. The van der Waals surface area contributed by atoms with Gasteiger partial charge < -0.3 is 4.57 Å². The summed E-state index contributed by atoms with van der Waals surface area (Å²) in [6.45, 7) is 6.76. The Balaban J connectivity index is 2.51. The third kappa shape index (κ3) is 2.08. The molecule has 0 bridgehead atoms. The SMILES string of the molecule is CCn1cc(-n2c(C)cc(C(=O)CCl)c2C)cn1. The van der Waals surface area contributed by atoms with Gasteiger partial charge in [0, 0.05) is 29.7 Å². The quantitative estimate of drug-likeness (QED) is 0.630. The second-order valence-corrected chi connectivity index (χ2v) is 4.50. The highest BCUT2D eigenvalue weighted by Gasteiger charge is 2.16. The Bertz CT molecular complexity index is 583. The van der Waals surface area contributed by atoms with Crippen LogP contribution in [0.1, 0.15) is 28.7 Å². The van der Waals surface area contributed by atoms with Gasteiger partial charge in [0.1, 0.15) is 0 Å². The highest BCUT2D eigenvalue weighted by atomic mass is 35.5. The fourth-order valence-corrected chi connectivity index (χ4v) is 2.30. The van der Waals surface area contributed by atoms with Crippen molar-refractivity contribution >= 4 is 17.4 Å². The lowest BCUT2D eigenvalue weighted by Crippen LogP contribution is -2.03. The van der Waals surface area contributed by atoms with E-state index in [4.69, 9.17) is 11.6 Å². The molecular formula is C13H16ClN3O. The first-order valence-electron chi connectivity index (χ1n) is 5.89. The van der Waals surface area contributed by atoms with Crippen molar-refractivity contribution in [3.8, 4) is 5.69 Å². The first-order valence-corrected chi connectivity index (χ1v) is 6.42. The van der Waals surface area contributed by atoms with Gasteiger partial charge >= 0.3 is 0 Å². The minimum absolute atomic E-state index is 0.0124. The summed E-state index contributed by atoms with van der Waals surface area (Å²) in [7, 11) is 0. The molecule has 4 nitrogen and oxygen atoms in total. The predicted octanol–water partition coefficient (Wildman–Crippen LogP) is 2.73. The number of carbonyl (C=O) groups is 1. The van der Waals surface area contributed by atoms with Gasteiger partial charge in [-0.15, -0.1) is 11.6 Å². The lowest BCUT2D eigenvalue weighted by Gasteiger charge is -2.06. The summed E-state index contributed by atoms with van der Waals surface area (Å²) in [6, 6.07) is 1.88. The number of halogens is 1. The van der Waals surface area contributed by atoms with Gasteiger partial charge in [0.25, 0.3) is 0 Å². The first-order chi connectivity index (χ1) is 8.58. The number of nitrogens with zero attached hydrogens (tertiary/aromatic N) is 3. The highest BCUT2D eigenvalue weighted by molar-refractivity contribution is 6.30. The number of ketones is 1. The van der Waals surface area contributed by atoms with Crippen molar-refractivity contribution in [2.75, 3.05) is 5.88 Å². The molecule has 0 aromatic carbocycles. The van der Waals surface area contributed by atoms with Crippen LogP contribution in [0.5, 0.6) is 0 Å². The number of rotatable bonds is 4. The van der Waals surface area contributed by atoms with Gasteiger partial charge in [-0.2, -0.15) is 5.10 Å². The van der Waals surface area contributed by atoms with Crippen LogP contribution < -0.4 is 0 Å². The van der Waals surface area contributed by atoms with Crippen molar-refractivity contribution in [2.24, 2.45) is 0 Å². The van der Waals surface area contributed by atoms with E-state index in [2.05, 4.69) is 5.10 Å². The Hall–Kier alpha value is -1.55. The summed E-state index contributed by atoms with van der Waals surface area (Å²) >= 11 is 5.62. The lowest BCUT2D eigenvalue weighted by atomic mass is 10.2. The summed E-state index contributed by atoms with van der Waals surface area (Å²) < 4.78 is 3.89. The van der Waals surface area contributed by atoms with Gasteiger partial charge in [-0.1, -0.05) is 0 Å². The second kappa shape index (κ2) is 4.98. The molecule has 0 radical (unpaired) electrons. The minimum Gasteiger partial charge on any atom is -0.315 e. The van der Waals surface area contributed by atoms with Crippen LogP contribution in [-0.4, -0.2) is 26.0 Å². The van der Waals surface area contributed by atoms with Crippen LogP contribution in [0.15, 0.2) is 18.5 Å². The van der Waals surface area contributed by atoms with E-state index in [-0.39, 0.29) is 11.7 Å². The smallest absolute Gasteiger partial charge is 0.179 e. The van der Waals surface area contributed by atoms with E-state index >= 15 is 0 Å². The number of hydrogen-bond acceptors (Lipinski definition) is 2. The van der Waals surface area contributed by atoms with Crippen LogP contribution in [0.4, 0.5) is 0 Å². The lowest BCUT2D eigenvalue weighted by molar-refractivity contribution is 0.102. The van der Waals surface area contributed by atoms with Crippen LogP contribution in [0, 0.1) is 13.8 Å². The van der Waals surface area contributed by atoms with E-state index in [1.807, 2.05) is 42.3 Å². The number of aromatic nitrogens is 3. The number of alkyl halides is 1. The Morgan fingerprint density at radius 1 is 1.44 bits per heavy atom. The molecule has 0 fully saturated rings. The van der Waals surface area contributed by atoms with Crippen molar-refractivity contribution in [2.45, 2.75) is 27.3 Å². The zero-order chi connectivity index (χ0) is 13.3. The average molecular weight is 266 g/mol. The zero-order valence-electron chi connectivity index (χ0n) is 10.8. The van der Waals surface area contributed by atoms with E-state index in [0.717, 1.165) is 23.6 Å². The summed E-state index contributed by atoms with van der Waals surface area (Å²) in [6.07, 6.45) is 3.77. The van der Waals surface area contributed by atoms with E-state index in [0.29, 0.717) is 5.56 Å². The Kier molecular flexibility index (Phi) is 3.57. The number of Topliss-reactive ketones (excluding diaryl/α,β-unsaturated/α-hetero) is 1. The molecule has 2 aromatic heterocycles. The maximum absolute atomic E-state index is 11.7. The van der Waals surface area contributed by atoms with Gasteiger partial charge in [0.15, 0.2) is 5.78 Å². The van der Waals surface area contributed by atoms with Gasteiger partial charge in [0.2, 0.25) is 0 Å². The van der Waals surface area contributed by atoms with Gasteiger partial charge in [-0.05, 0) is 26.8 Å². The van der Waals surface area contributed by atoms with Crippen molar-refractivity contribution in [3.05, 3.63) is 35.4 Å². The molecule has 0 amide bonds. The molecular weight excluding hydrogens is 250 g/mol. The van der Waals surface area contributed by atoms with Gasteiger partial charge in [0.05, 0.1) is 17.8 Å². The van der Waals surface area contributed by atoms with Crippen molar-refractivity contribution in [1.82, 2.24) is 14.3 Å². The fraction of sp³-hybridized carbons (Fsp3) is 0.385. The van der Waals surface area contributed by atoms with E-state index in [9.17, 15) is 4.79 Å². The van der Waals surface area contributed by atoms with E-state index in [1.165, 1.54) is 0 Å². The molecule has 0 aliphatic rings. The first kappa shape index (κ1) is 12.9. The van der Waals surface area contributed by atoms with Crippen LogP contribution in [0.25, 0.3) is 5.69 Å². The average Bonchev–Trinajstić information content (AvgIpc) is 2.93. The normalized spacial score (nSPS) is 10.9. The molecule has 96 valence electrons. The number of aryl methyl sites for hydroxylation is 2. The summed E-state index contributed by atoms with van der Waals surface area (Å²) in [5, 5.41) is 4.25. The molecule has 0 saturated heterocycles. The third-order valence-corrected chi connectivity index (χ3v) is 3.30. The fourth-order valence-electron chi connectivity index (χ4n) is 2.16. The number of hydrogen-bond donors (Lipinski definition) is 0. The Labute approximate surface area is 111 Å². The van der Waals surface area contributed by atoms with Gasteiger partial charge in [-0.3, -0.25) is 9.48 Å². The molecule has 0 unspecified atom stereocenters. The van der Waals surface area contributed by atoms with Crippen molar-refractivity contribution in [3.63, 3.8) is 0 Å². The minimum atomic E-state index is -0.0427. The molecule has 0 N–H and O–H groups in total. The Morgan fingerprint density at radius 2 is 2.17 bits per heavy atom. The van der Waals surface area contributed by atoms with Crippen molar-refractivity contribution < 1.29 is 4.79 Å². The topological polar surface area (TPSA) is 39.8 Å². The van der Waals surface area contributed by atoms with Crippen LogP contribution >= 0.6 is 11.6 Å². The van der Waals surface area contributed by atoms with Crippen LogP contribution in [0.3, 0.4) is 0 Å². The molecule has 0 saturated carbocycles. The molecule has 0 atom stereocenters. The van der Waals surface area contributed by atoms with E-state index < -0.39 is 0 Å². The van der Waals surface area contributed by atoms with Crippen molar-refractivity contribution in [1.29, 1.82) is 0 Å². The molecule has 2 heterocycles. The molecule has 0 spiro atoms. The second-order valence-electron chi connectivity index (χ2n) is 4.23. The Morgan fingerprint density at radius 3 is 2.72 bits per heavy atom. The molecule has 18 heavy (non-hydrogen) atoms. The van der Waals surface area contributed by atoms with E-state index in [1.54, 1.807) is 6.20 Å². The molecule has 0 aliphatic carbocycles. The summed E-state index contributed by atoms with van der Waals surface area (Å²) in [4.78, 5) is 11.7. The molecule has 2 rings (SSSR count). The van der Waals surface area contributed by atoms with Crippen LogP contribution in [0.2, 0.25) is 0 Å². The third-order valence-electron chi connectivity index (χ3n) is 3.05. The number of carbonyl (C=O) groups excluding carboxylic acids is 1. The molecule has 5 heteroatoms. The maximum atomic E-state index is 11.7.